The fourth-order valence-electron chi connectivity index (χ4n) is 3.47. The molecule has 3 heteroatoms. The van der Waals surface area contributed by atoms with Gasteiger partial charge in [0.2, 0.25) is 0 Å². The quantitative estimate of drug-likeness (QED) is 0.869. The Bertz CT molecular complexity index is 414. The lowest BCUT2D eigenvalue weighted by molar-refractivity contribution is 0.0394. The molecular weight excluding hydrogens is 258 g/mol. The summed E-state index contributed by atoms with van der Waals surface area (Å²) >= 11 is 0. The first-order valence-electron chi connectivity index (χ1n) is 8.52. The van der Waals surface area contributed by atoms with E-state index in [1.165, 1.54) is 24.8 Å². The van der Waals surface area contributed by atoms with Gasteiger partial charge in [-0.1, -0.05) is 40.2 Å². The third-order valence-corrected chi connectivity index (χ3v) is 5.42. The van der Waals surface area contributed by atoms with E-state index in [1.54, 1.807) is 0 Å². The fraction of sp³-hybridized carbons (Fsp3) is 0.722. The van der Waals surface area contributed by atoms with Crippen molar-refractivity contribution in [3.63, 3.8) is 0 Å². The van der Waals surface area contributed by atoms with E-state index < -0.39 is 0 Å². The van der Waals surface area contributed by atoms with Gasteiger partial charge in [0, 0.05) is 43.6 Å². The minimum Gasteiger partial charge on any atom is -0.308 e. The van der Waals surface area contributed by atoms with E-state index in [2.05, 4.69) is 49.0 Å². The summed E-state index contributed by atoms with van der Waals surface area (Å²) in [7, 11) is 0. The zero-order valence-electron chi connectivity index (χ0n) is 14.1. The summed E-state index contributed by atoms with van der Waals surface area (Å²) in [6, 6.07) is 4.87. The number of aromatic nitrogens is 1. The number of hydrogen-bond donors (Lipinski definition) is 1. The average molecular weight is 289 g/mol. The van der Waals surface area contributed by atoms with Crippen molar-refractivity contribution in [1.82, 2.24) is 15.2 Å². The lowest BCUT2D eigenvalue weighted by Gasteiger charge is -2.49. The van der Waals surface area contributed by atoms with Gasteiger partial charge in [0.1, 0.15) is 0 Å². The zero-order valence-corrected chi connectivity index (χ0v) is 14.1. The van der Waals surface area contributed by atoms with Crippen LogP contribution < -0.4 is 5.32 Å². The van der Waals surface area contributed by atoms with Crippen LogP contribution in [0.15, 0.2) is 24.5 Å². The van der Waals surface area contributed by atoms with Gasteiger partial charge >= 0.3 is 0 Å². The van der Waals surface area contributed by atoms with Crippen LogP contribution >= 0.6 is 0 Å². The summed E-state index contributed by atoms with van der Waals surface area (Å²) in [6.45, 7) is 12.6. The van der Waals surface area contributed by atoms with Gasteiger partial charge in [0.15, 0.2) is 0 Å². The Morgan fingerprint density at radius 3 is 2.71 bits per heavy atom. The summed E-state index contributed by atoms with van der Waals surface area (Å²) in [6.07, 6.45) is 7.49. The van der Waals surface area contributed by atoms with Crippen LogP contribution in [0.1, 0.15) is 52.5 Å². The Kier molecular flexibility index (Phi) is 5.77. The van der Waals surface area contributed by atoms with Crippen molar-refractivity contribution in [2.45, 2.75) is 65.1 Å². The molecule has 1 aromatic rings. The second-order valence-corrected chi connectivity index (χ2v) is 6.59. The van der Waals surface area contributed by atoms with Gasteiger partial charge in [-0.15, -0.1) is 0 Å². The van der Waals surface area contributed by atoms with E-state index in [9.17, 15) is 0 Å². The summed E-state index contributed by atoms with van der Waals surface area (Å²) in [5, 5.41) is 3.86. The first-order valence-corrected chi connectivity index (χ1v) is 8.52. The van der Waals surface area contributed by atoms with Crippen molar-refractivity contribution in [3.05, 3.63) is 30.1 Å². The van der Waals surface area contributed by atoms with Crippen LogP contribution in [0.4, 0.5) is 0 Å². The van der Waals surface area contributed by atoms with E-state index in [0.717, 1.165) is 25.6 Å². The van der Waals surface area contributed by atoms with Crippen LogP contribution in [0, 0.1) is 5.92 Å². The maximum absolute atomic E-state index is 4.27. The van der Waals surface area contributed by atoms with E-state index in [0.29, 0.717) is 6.04 Å². The van der Waals surface area contributed by atoms with E-state index in [4.69, 9.17) is 0 Å². The monoisotopic (exact) mass is 289 g/mol. The average Bonchev–Trinajstić information content (AvgIpc) is 2.55. The molecule has 0 bridgehead atoms. The van der Waals surface area contributed by atoms with Crippen molar-refractivity contribution < 1.29 is 0 Å². The predicted octanol–water partition coefficient (Wildman–Crippen LogP) is 3.46. The van der Waals surface area contributed by atoms with Crippen LogP contribution in [0.25, 0.3) is 0 Å². The Balaban J connectivity index is 2.16. The molecule has 1 aliphatic heterocycles. The second-order valence-electron chi connectivity index (χ2n) is 6.59. The predicted molar refractivity (Wildman–Crippen MR) is 89.2 cm³/mol. The van der Waals surface area contributed by atoms with Gasteiger partial charge in [-0.25, -0.2) is 0 Å². The van der Waals surface area contributed by atoms with Crippen LogP contribution in [0.2, 0.25) is 0 Å². The van der Waals surface area contributed by atoms with Gasteiger partial charge in [-0.05, 0) is 30.4 Å². The zero-order chi connectivity index (χ0) is 15.3. The summed E-state index contributed by atoms with van der Waals surface area (Å²) in [5.74, 6) is 0.723. The number of piperazine rings is 1. The van der Waals surface area contributed by atoms with Crippen molar-refractivity contribution in [2.24, 2.45) is 5.92 Å². The first kappa shape index (κ1) is 16.4. The standard InChI is InChI=1S/C18H31N3/c1-5-15(4)17-12-20-18(6-2,7-3)14-21(17)13-16-9-8-10-19-11-16/h8-11,15,17,20H,5-7,12-14H2,1-4H3. The van der Waals surface area contributed by atoms with Gasteiger partial charge in [-0.3, -0.25) is 9.88 Å². The van der Waals surface area contributed by atoms with Gasteiger partial charge in [0.25, 0.3) is 0 Å². The van der Waals surface area contributed by atoms with Crippen LogP contribution in [-0.2, 0) is 6.54 Å². The van der Waals surface area contributed by atoms with Crippen LogP contribution in [0.5, 0.6) is 0 Å². The van der Waals surface area contributed by atoms with E-state index >= 15 is 0 Å². The molecule has 1 aromatic heterocycles. The molecule has 0 aromatic carbocycles. The molecule has 0 amide bonds. The lowest BCUT2D eigenvalue weighted by Crippen LogP contribution is -2.64. The number of hydrogen-bond acceptors (Lipinski definition) is 3. The van der Waals surface area contributed by atoms with Crippen LogP contribution in [-0.4, -0.2) is 34.6 Å². The van der Waals surface area contributed by atoms with Gasteiger partial charge in [0.05, 0.1) is 0 Å². The van der Waals surface area contributed by atoms with Crippen molar-refractivity contribution in [1.29, 1.82) is 0 Å². The normalized spacial score (nSPS) is 23.9. The topological polar surface area (TPSA) is 28.2 Å². The van der Waals surface area contributed by atoms with Crippen molar-refractivity contribution in [2.75, 3.05) is 13.1 Å². The number of nitrogens with zero attached hydrogens (tertiary/aromatic N) is 2. The molecule has 3 nitrogen and oxygen atoms in total. The van der Waals surface area contributed by atoms with Crippen LogP contribution in [0.3, 0.4) is 0 Å². The number of nitrogens with one attached hydrogen (secondary N) is 1. The highest BCUT2D eigenvalue weighted by Crippen LogP contribution is 2.28. The Hall–Kier alpha value is -0.930. The molecule has 0 radical (unpaired) electrons. The smallest absolute Gasteiger partial charge is 0.0312 e. The molecule has 2 heterocycles. The molecule has 1 N–H and O–H groups in total. The number of pyridine rings is 1. The molecule has 2 unspecified atom stereocenters. The molecule has 1 aliphatic rings. The SMILES string of the molecule is CCC(C)C1CNC(CC)(CC)CN1Cc1cccnc1. The Morgan fingerprint density at radius 1 is 1.38 bits per heavy atom. The molecule has 0 spiro atoms. The number of rotatable bonds is 6. The Morgan fingerprint density at radius 2 is 2.14 bits per heavy atom. The van der Waals surface area contributed by atoms with Crippen molar-refractivity contribution in [3.8, 4) is 0 Å². The third-order valence-electron chi connectivity index (χ3n) is 5.42. The highest BCUT2D eigenvalue weighted by molar-refractivity contribution is 5.10. The molecular formula is C18H31N3. The maximum atomic E-state index is 4.27. The fourth-order valence-corrected chi connectivity index (χ4v) is 3.47. The second kappa shape index (κ2) is 7.37. The molecule has 1 fully saturated rings. The molecule has 0 aliphatic carbocycles. The summed E-state index contributed by atoms with van der Waals surface area (Å²) in [5.41, 5.74) is 1.61. The largest absolute Gasteiger partial charge is 0.308 e. The highest BCUT2D eigenvalue weighted by atomic mass is 15.3. The molecule has 1 saturated heterocycles. The van der Waals surface area contributed by atoms with E-state index in [1.807, 2.05) is 18.5 Å². The van der Waals surface area contributed by atoms with Gasteiger partial charge < -0.3 is 5.32 Å². The van der Waals surface area contributed by atoms with E-state index in [-0.39, 0.29) is 5.54 Å². The van der Waals surface area contributed by atoms with Gasteiger partial charge in [-0.2, -0.15) is 0 Å². The molecule has 2 rings (SSSR count). The minimum absolute atomic E-state index is 0.284. The molecule has 2 atom stereocenters. The first-order chi connectivity index (χ1) is 10.1. The highest BCUT2D eigenvalue weighted by Gasteiger charge is 2.38. The maximum Gasteiger partial charge on any atom is 0.0312 e. The molecule has 0 saturated carbocycles. The molecule has 21 heavy (non-hydrogen) atoms. The molecule has 118 valence electrons. The lowest BCUT2D eigenvalue weighted by atomic mass is 9.85. The van der Waals surface area contributed by atoms with Crippen molar-refractivity contribution >= 4 is 0 Å². The minimum atomic E-state index is 0.284. The summed E-state index contributed by atoms with van der Waals surface area (Å²) in [4.78, 5) is 6.96. The third kappa shape index (κ3) is 3.83. The Labute approximate surface area is 130 Å². The summed E-state index contributed by atoms with van der Waals surface area (Å²) < 4.78 is 0.